The molecule has 12 nitrogen and oxygen atoms in total. The Labute approximate surface area is 153 Å². The van der Waals surface area contributed by atoms with Crippen LogP contribution in [-0.4, -0.2) is 55.9 Å². The number of fused-ring (bicyclic) bond motifs is 3. The molecule has 0 amide bonds. The first-order valence-electron chi connectivity index (χ1n) is 8.39. The summed E-state index contributed by atoms with van der Waals surface area (Å²) in [6.07, 6.45) is 0.0285. The predicted molar refractivity (Wildman–Crippen MR) is 91.8 cm³/mol. The number of phosphoric ester groups is 1. The van der Waals surface area contributed by atoms with Crippen LogP contribution < -0.4 is 11.3 Å². The van der Waals surface area contributed by atoms with Crippen LogP contribution in [0.1, 0.15) is 26.0 Å². The van der Waals surface area contributed by atoms with Crippen molar-refractivity contribution in [3.8, 4) is 0 Å². The smallest absolute Gasteiger partial charge is 0.371 e. The predicted octanol–water partition coefficient (Wildman–Crippen LogP) is 0.300. The van der Waals surface area contributed by atoms with Crippen LogP contribution in [-0.2, 0) is 23.1 Å². The molecule has 148 valence electrons. The number of aromatic amines is 1. The second-order valence-electron chi connectivity index (χ2n) is 6.46. The average Bonchev–Trinajstić information content (AvgIpc) is 3.09. The lowest BCUT2D eigenvalue weighted by Gasteiger charge is -2.37. The number of ether oxygens (including phenoxy) is 2. The van der Waals surface area contributed by atoms with Crippen molar-refractivity contribution in [2.75, 3.05) is 19.5 Å². The van der Waals surface area contributed by atoms with Gasteiger partial charge in [-0.05, 0) is 6.42 Å². The fourth-order valence-corrected chi connectivity index (χ4v) is 4.40. The lowest BCUT2D eigenvalue weighted by atomic mass is 9.87. The number of nitrogens with zero attached hydrogens (tertiary/aromatic N) is 3. The number of hydrogen-bond donors (Lipinski definition) is 3. The number of hydrogen-bond acceptors (Lipinski definition) is 9. The second kappa shape index (κ2) is 6.36. The molecule has 0 aliphatic carbocycles. The van der Waals surface area contributed by atoms with E-state index in [1.807, 2.05) is 6.92 Å². The molecule has 2 fully saturated rings. The average molecular weight is 401 g/mol. The Bertz CT molecular complexity index is 976. The minimum atomic E-state index is -4.27. The number of nitrogen functional groups attached to an aromatic ring is 1. The van der Waals surface area contributed by atoms with Gasteiger partial charge in [-0.15, -0.1) is 0 Å². The van der Waals surface area contributed by atoms with Gasteiger partial charge in [0, 0.05) is 13.5 Å². The quantitative estimate of drug-likeness (QED) is 0.594. The largest absolute Gasteiger partial charge is 0.472 e. The molecule has 0 spiro atoms. The van der Waals surface area contributed by atoms with E-state index in [1.165, 1.54) is 10.9 Å². The SMILES string of the molecule is CC[C@]12CCO[C@@H](C1OP(=O)(O)OC)[C@H](n1cnc3c(=O)[nH]c(N)nc31)O2. The van der Waals surface area contributed by atoms with E-state index in [4.69, 9.17) is 19.7 Å². The van der Waals surface area contributed by atoms with Crippen molar-refractivity contribution in [2.45, 2.75) is 43.8 Å². The van der Waals surface area contributed by atoms with Crippen LogP contribution in [0.5, 0.6) is 0 Å². The summed E-state index contributed by atoms with van der Waals surface area (Å²) in [6, 6.07) is 0. The van der Waals surface area contributed by atoms with E-state index in [0.29, 0.717) is 19.4 Å². The third-order valence-corrected chi connectivity index (χ3v) is 6.04. The highest BCUT2D eigenvalue weighted by Gasteiger charge is 2.60. The fraction of sp³-hybridized carbons (Fsp3) is 0.643. The number of anilines is 1. The molecular formula is C14H20N5O7P. The molecule has 2 bridgehead atoms. The van der Waals surface area contributed by atoms with Crippen LogP contribution >= 0.6 is 7.82 Å². The number of aromatic nitrogens is 4. The van der Waals surface area contributed by atoms with Crippen molar-refractivity contribution >= 4 is 24.9 Å². The number of imidazole rings is 1. The summed E-state index contributed by atoms with van der Waals surface area (Å²) >= 11 is 0. The third kappa shape index (κ3) is 2.89. The molecule has 5 atom stereocenters. The van der Waals surface area contributed by atoms with E-state index >= 15 is 0 Å². The van der Waals surface area contributed by atoms with Gasteiger partial charge >= 0.3 is 7.82 Å². The summed E-state index contributed by atoms with van der Waals surface area (Å²) in [4.78, 5) is 32.4. The Balaban J connectivity index is 1.79. The lowest BCUT2D eigenvalue weighted by molar-refractivity contribution is -0.120. The molecule has 0 aromatic carbocycles. The summed E-state index contributed by atoms with van der Waals surface area (Å²) in [6.45, 7) is 2.28. The molecular weight excluding hydrogens is 381 g/mol. The number of rotatable bonds is 5. The van der Waals surface area contributed by atoms with Gasteiger partial charge in [-0.2, -0.15) is 4.98 Å². The first-order chi connectivity index (χ1) is 12.8. The van der Waals surface area contributed by atoms with Gasteiger partial charge < -0.3 is 20.1 Å². The molecule has 2 aromatic rings. The Morgan fingerprint density at radius 3 is 3.07 bits per heavy atom. The minimum Gasteiger partial charge on any atom is -0.371 e. The highest BCUT2D eigenvalue weighted by atomic mass is 31.2. The lowest BCUT2D eigenvalue weighted by Crippen LogP contribution is -2.49. The number of nitrogens with one attached hydrogen (secondary N) is 1. The van der Waals surface area contributed by atoms with Gasteiger partial charge in [-0.1, -0.05) is 6.92 Å². The molecule has 2 aliphatic rings. The highest BCUT2D eigenvalue weighted by molar-refractivity contribution is 7.47. The Hall–Kier alpha value is -1.82. The number of nitrogens with two attached hydrogens (primary N) is 1. The monoisotopic (exact) mass is 401 g/mol. The van der Waals surface area contributed by atoms with E-state index in [2.05, 4.69) is 19.5 Å². The van der Waals surface area contributed by atoms with Crippen LogP contribution in [0.3, 0.4) is 0 Å². The highest BCUT2D eigenvalue weighted by Crippen LogP contribution is 2.54. The van der Waals surface area contributed by atoms with Crippen LogP contribution in [0, 0.1) is 0 Å². The Kier molecular flexibility index (Phi) is 4.37. The van der Waals surface area contributed by atoms with Crippen LogP contribution in [0.25, 0.3) is 11.2 Å². The first-order valence-corrected chi connectivity index (χ1v) is 9.88. The molecule has 2 aliphatic heterocycles. The molecule has 2 saturated heterocycles. The van der Waals surface area contributed by atoms with Crippen molar-refractivity contribution in [1.29, 1.82) is 0 Å². The van der Waals surface area contributed by atoms with Crippen molar-refractivity contribution in [3.63, 3.8) is 0 Å². The normalized spacial score (nSPS) is 32.6. The maximum atomic E-state index is 12.0. The molecule has 2 aromatic heterocycles. The van der Waals surface area contributed by atoms with Gasteiger partial charge in [0.1, 0.15) is 17.8 Å². The van der Waals surface area contributed by atoms with Gasteiger partial charge in [0.15, 0.2) is 17.4 Å². The van der Waals surface area contributed by atoms with E-state index in [1.54, 1.807) is 0 Å². The van der Waals surface area contributed by atoms with Gasteiger partial charge in [0.2, 0.25) is 5.95 Å². The van der Waals surface area contributed by atoms with Crippen molar-refractivity contribution < 1.29 is 28.0 Å². The van der Waals surface area contributed by atoms with E-state index in [9.17, 15) is 14.3 Å². The molecule has 4 heterocycles. The molecule has 0 radical (unpaired) electrons. The molecule has 27 heavy (non-hydrogen) atoms. The standard InChI is InChI=1S/C14H20N5O7P/c1-3-14-4-5-24-8(9(14)26-27(21,22)23-2)12(25-14)19-6-16-7-10(19)17-13(15)18-11(7)20/h6,8-9,12H,3-5H2,1-2H3,(H,21,22)(H3,15,17,18,20)/t8-,9?,12+,14-/m0/s1. The van der Waals surface area contributed by atoms with Gasteiger partial charge in [-0.3, -0.25) is 23.4 Å². The maximum absolute atomic E-state index is 12.0. The summed E-state index contributed by atoms with van der Waals surface area (Å²) in [5.41, 5.74) is 4.64. The Morgan fingerprint density at radius 2 is 2.37 bits per heavy atom. The minimum absolute atomic E-state index is 0.0617. The van der Waals surface area contributed by atoms with E-state index in [-0.39, 0.29) is 17.1 Å². The van der Waals surface area contributed by atoms with Crippen molar-refractivity contribution in [1.82, 2.24) is 19.5 Å². The zero-order chi connectivity index (χ0) is 19.4. The van der Waals surface area contributed by atoms with Crippen LogP contribution in [0.15, 0.2) is 11.1 Å². The second-order valence-corrected chi connectivity index (χ2v) is 7.98. The van der Waals surface area contributed by atoms with Gasteiger partial charge in [0.05, 0.1) is 12.9 Å². The zero-order valence-corrected chi connectivity index (χ0v) is 15.6. The molecule has 0 saturated carbocycles. The molecule has 13 heteroatoms. The van der Waals surface area contributed by atoms with E-state index in [0.717, 1.165) is 7.11 Å². The molecule has 2 unspecified atom stereocenters. The fourth-order valence-electron chi connectivity index (χ4n) is 3.71. The number of phosphoric acid groups is 1. The first kappa shape index (κ1) is 18.5. The molecule has 4 N–H and O–H groups in total. The van der Waals surface area contributed by atoms with Gasteiger partial charge in [0.25, 0.3) is 5.56 Å². The van der Waals surface area contributed by atoms with Crippen LogP contribution in [0.2, 0.25) is 0 Å². The number of H-pyrrole nitrogens is 1. The molecule has 4 rings (SSSR count). The summed E-state index contributed by atoms with van der Waals surface area (Å²) in [5.74, 6) is -0.0617. The zero-order valence-electron chi connectivity index (χ0n) is 14.7. The summed E-state index contributed by atoms with van der Waals surface area (Å²) in [5, 5.41) is 0. The van der Waals surface area contributed by atoms with E-state index < -0.39 is 37.4 Å². The van der Waals surface area contributed by atoms with Crippen LogP contribution in [0.4, 0.5) is 5.95 Å². The van der Waals surface area contributed by atoms with Crippen molar-refractivity contribution in [2.24, 2.45) is 0 Å². The third-order valence-electron chi connectivity index (χ3n) is 5.09. The summed E-state index contributed by atoms with van der Waals surface area (Å²) in [7, 11) is -3.19. The summed E-state index contributed by atoms with van der Waals surface area (Å²) < 4.78 is 35.6. The Morgan fingerprint density at radius 1 is 1.59 bits per heavy atom. The van der Waals surface area contributed by atoms with Crippen molar-refractivity contribution in [3.05, 3.63) is 16.7 Å². The van der Waals surface area contributed by atoms with Gasteiger partial charge in [-0.25, -0.2) is 9.55 Å². The topological polar surface area (TPSA) is 164 Å². The maximum Gasteiger partial charge on any atom is 0.472 e.